The zero-order chi connectivity index (χ0) is 15.2. The molecule has 0 atom stereocenters. The predicted molar refractivity (Wildman–Crippen MR) is 83.6 cm³/mol. The largest absolute Gasteiger partial charge is 0.329 e. The molecule has 1 aromatic rings. The molecule has 1 amide bonds. The molecule has 0 saturated heterocycles. The molecule has 0 aromatic carbocycles. The van der Waals surface area contributed by atoms with E-state index in [-0.39, 0.29) is 5.91 Å². The number of rotatable bonds is 7. The Hall–Kier alpha value is -1.42. The minimum absolute atomic E-state index is 0.0254. The summed E-state index contributed by atoms with van der Waals surface area (Å²) < 4.78 is 0. The van der Waals surface area contributed by atoms with E-state index in [0.29, 0.717) is 6.54 Å². The summed E-state index contributed by atoms with van der Waals surface area (Å²) in [5, 5.41) is 3.02. The number of anilines is 1. The molecule has 0 unspecified atom stereocenters. The molecule has 0 aliphatic rings. The normalized spacial score (nSPS) is 11.4. The Morgan fingerprint density at radius 1 is 1.25 bits per heavy atom. The number of hydrogen-bond donors (Lipinski definition) is 2. The van der Waals surface area contributed by atoms with E-state index in [4.69, 9.17) is 5.73 Å². The van der Waals surface area contributed by atoms with E-state index in [2.05, 4.69) is 24.1 Å². The van der Waals surface area contributed by atoms with Crippen LogP contribution in [-0.4, -0.2) is 17.4 Å². The van der Waals surface area contributed by atoms with Gasteiger partial charge in [0.2, 0.25) is 5.91 Å². The number of carbonyl (C=O) groups is 1. The van der Waals surface area contributed by atoms with E-state index in [0.717, 1.165) is 42.8 Å². The Balaban J connectivity index is 2.95. The van der Waals surface area contributed by atoms with Crippen LogP contribution in [0.4, 0.5) is 5.69 Å². The maximum Gasteiger partial charge on any atom is 0.231 e. The predicted octanol–water partition coefficient (Wildman–Crippen LogP) is 3.18. The molecular formula is C16H27N3O. The summed E-state index contributed by atoms with van der Waals surface area (Å²) in [6.07, 6.45) is 3.55. The molecule has 20 heavy (non-hydrogen) atoms. The van der Waals surface area contributed by atoms with Gasteiger partial charge >= 0.3 is 0 Å². The molecule has 0 saturated carbocycles. The number of carbonyl (C=O) groups excluding carboxylic acids is 1. The van der Waals surface area contributed by atoms with E-state index in [1.54, 1.807) is 0 Å². The van der Waals surface area contributed by atoms with E-state index in [1.807, 2.05) is 26.0 Å². The highest BCUT2D eigenvalue weighted by atomic mass is 16.2. The van der Waals surface area contributed by atoms with Crippen LogP contribution in [0.15, 0.2) is 12.1 Å². The van der Waals surface area contributed by atoms with E-state index in [9.17, 15) is 4.79 Å². The van der Waals surface area contributed by atoms with Gasteiger partial charge in [-0.15, -0.1) is 0 Å². The first kappa shape index (κ1) is 16.6. The molecule has 112 valence electrons. The maximum atomic E-state index is 12.7. The van der Waals surface area contributed by atoms with Crippen LogP contribution in [0.2, 0.25) is 0 Å². The Kier molecular flexibility index (Phi) is 6.14. The SMILES string of the molecule is CCCC(CN)(CCC)C(=O)Nc1ccc(C)nc1C. The molecule has 4 heteroatoms. The van der Waals surface area contributed by atoms with Crippen LogP contribution in [0.3, 0.4) is 0 Å². The fraction of sp³-hybridized carbons (Fsp3) is 0.625. The molecular weight excluding hydrogens is 250 g/mol. The van der Waals surface area contributed by atoms with Gasteiger partial charge in [-0.25, -0.2) is 0 Å². The Bertz CT molecular complexity index is 451. The van der Waals surface area contributed by atoms with Crippen LogP contribution in [-0.2, 0) is 4.79 Å². The zero-order valence-electron chi connectivity index (χ0n) is 13.1. The second-order valence-corrected chi connectivity index (χ2v) is 5.52. The van der Waals surface area contributed by atoms with Gasteiger partial charge in [-0.2, -0.15) is 0 Å². The lowest BCUT2D eigenvalue weighted by Gasteiger charge is -2.30. The average molecular weight is 277 g/mol. The van der Waals surface area contributed by atoms with Crippen molar-refractivity contribution in [3.63, 3.8) is 0 Å². The summed E-state index contributed by atoms with van der Waals surface area (Å²) in [4.78, 5) is 17.0. The third kappa shape index (κ3) is 3.79. The fourth-order valence-electron chi connectivity index (χ4n) is 2.68. The second-order valence-electron chi connectivity index (χ2n) is 5.52. The first-order valence-electron chi connectivity index (χ1n) is 7.45. The Morgan fingerprint density at radius 3 is 2.30 bits per heavy atom. The lowest BCUT2D eigenvalue weighted by molar-refractivity contribution is -0.126. The highest BCUT2D eigenvalue weighted by Gasteiger charge is 2.35. The number of pyridine rings is 1. The van der Waals surface area contributed by atoms with Crippen LogP contribution < -0.4 is 11.1 Å². The van der Waals surface area contributed by atoms with Crippen molar-refractivity contribution in [1.29, 1.82) is 0 Å². The number of nitrogens with zero attached hydrogens (tertiary/aromatic N) is 1. The Morgan fingerprint density at radius 2 is 1.85 bits per heavy atom. The number of amides is 1. The number of nitrogens with one attached hydrogen (secondary N) is 1. The molecule has 4 nitrogen and oxygen atoms in total. The lowest BCUT2D eigenvalue weighted by atomic mass is 9.78. The van der Waals surface area contributed by atoms with Crippen molar-refractivity contribution in [2.75, 3.05) is 11.9 Å². The van der Waals surface area contributed by atoms with Gasteiger partial charge in [0.15, 0.2) is 0 Å². The molecule has 0 spiro atoms. The summed E-state index contributed by atoms with van der Waals surface area (Å²) in [6.45, 7) is 8.42. The van der Waals surface area contributed by atoms with E-state index in [1.165, 1.54) is 0 Å². The number of hydrogen-bond acceptors (Lipinski definition) is 3. The molecule has 0 fully saturated rings. The van der Waals surface area contributed by atoms with Crippen LogP contribution in [0.5, 0.6) is 0 Å². The second kappa shape index (κ2) is 7.39. The zero-order valence-corrected chi connectivity index (χ0v) is 13.1. The Labute approximate surface area is 122 Å². The third-order valence-electron chi connectivity index (χ3n) is 3.80. The average Bonchev–Trinajstić information content (AvgIpc) is 2.41. The van der Waals surface area contributed by atoms with Gasteiger partial charge < -0.3 is 11.1 Å². The fourth-order valence-corrected chi connectivity index (χ4v) is 2.68. The van der Waals surface area contributed by atoms with Crippen molar-refractivity contribution in [2.24, 2.45) is 11.1 Å². The van der Waals surface area contributed by atoms with Gasteiger partial charge in [-0.3, -0.25) is 9.78 Å². The van der Waals surface area contributed by atoms with Crippen LogP contribution in [0, 0.1) is 19.3 Å². The first-order chi connectivity index (χ1) is 9.49. The van der Waals surface area contributed by atoms with Crippen molar-refractivity contribution in [3.8, 4) is 0 Å². The molecule has 1 rings (SSSR count). The number of nitrogens with two attached hydrogens (primary N) is 1. The first-order valence-corrected chi connectivity index (χ1v) is 7.45. The molecule has 0 radical (unpaired) electrons. The number of aryl methyl sites for hydroxylation is 2. The van der Waals surface area contributed by atoms with Crippen molar-refractivity contribution >= 4 is 11.6 Å². The van der Waals surface area contributed by atoms with Crippen molar-refractivity contribution < 1.29 is 4.79 Å². The highest BCUT2D eigenvalue weighted by Crippen LogP contribution is 2.30. The smallest absolute Gasteiger partial charge is 0.231 e. The highest BCUT2D eigenvalue weighted by molar-refractivity contribution is 5.95. The lowest BCUT2D eigenvalue weighted by Crippen LogP contribution is -2.42. The minimum Gasteiger partial charge on any atom is -0.329 e. The van der Waals surface area contributed by atoms with Gasteiger partial charge in [-0.05, 0) is 38.8 Å². The van der Waals surface area contributed by atoms with Gasteiger partial charge in [0, 0.05) is 12.2 Å². The molecule has 0 aliphatic heterocycles. The van der Waals surface area contributed by atoms with Crippen LogP contribution >= 0.6 is 0 Å². The van der Waals surface area contributed by atoms with Crippen molar-refractivity contribution in [3.05, 3.63) is 23.5 Å². The topological polar surface area (TPSA) is 68.0 Å². The van der Waals surface area contributed by atoms with Gasteiger partial charge in [0.05, 0.1) is 16.8 Å². The van der Waals surface area contributed by atoms with Crippen LogP contribution in [0.25, 0.3) is 0 Å². The standard InChI is InChI=1S/C16H27N3O/c1-5-9-16(11-17,10-6-2)15(20)19-14-8-7-12(3)18-13(14)4/h7-8H,5-6,9-11,17H2,1-4H3,(H,19,20). The summed E-state index contributed by atoms with van der Waals surface area (Å²) in [5.74, 6) is 0.0254. The quantitative estimate of drug-likeness (QED) is 0.804. The third-order valence-corrected chi connectivity index (χ3v) is 3.80. The molecule has 1 aromatic heterocycles. The van der Waals surface area contributed by atoms with Crippen molar-refractivity contribution in [2.45, 2.75) is 53.4 Å². The summed E-state index contributed by atoms with van der Waals surface area (Å²) in [5.41, 5.74) is 8.04. The summed E-state index contributed by atoms with van der Waals surface area (Å²) in [6, 6.07) is 3.82. The monoisotopic (exact) mass is 277 g/mol. The van der Waals surface area contributed by atoms with Gasteiger partial charge in [-0.1, -0.05) is 26.7 Å². The summed E-state index contributed by atoms with van der Waals surface area (Å²) in [7, 11) is 0. The van der Waals surface area contributed by atoms with Gasteiger partial charge in [0.1, 0.15) is 0 Å². The molecule has 0 aliphatic carbocycles. The van der Waals surface area contributed by atoms with E-state index < -0.39 is 5.41 Å². The van der Waals surface area contributed by atoms with Crippen molar-refractivity contribution in [1.82, 2.24) is 4.98 Å². The summed E-state index contributed by atoms with van der Waals surface area (Å²) >= 11 is 0. The van der Waals surface area contributed by atoms with Gasteiger partial charge in [0.25, 0.3) is 0 Å². The number of aromatic nitrogens is 1. The van der Waals surface area contributed by atoms with E-state index >= 15 is 0 Å². The maximum absolute atomic E-state index is 12.7. The molecule has 3 N–H and O–H groups in total. The van der Waals surface area contributed by atoms with Crippen LogP contribution in [0.1, 0.15) is 50.9 Å². The molecule has 1 heterocycles. The molecule has 0 bridgehead atoms. The minimum atomic E-state index is -0.458.